The fraction of sp³-hybridized carbons (Fsp3) is 0.0526. The van der Waals surface area contributed by atoms with Gasteiger partial charge in [0, 0.05) is 28.9 Å². The molecule has 0 radical (unpaired) electrons. The highest BCUT2D eigenvalue weighted by Crippen LogP contribution is 2.34. The Balaban J connectivity index is 1.60. The minimum Gasteiger partial charge on any atom is -0.382 e. The zero-order valence-corrected chi connectivity index (χ0v) is 17.0. The summed E-state index contributed by atoms with van der Waals surface area (Å²) >= 11 is 1.07. The molecule has 0 amide bonds. The maximum Gasteiger partial charge on any atom is 0.280 e. The van der Waals surface area contributed by atoms with Crippen LogP contribution in [-0.2, 0) is 0 Å². The number of rotatable bonds is 5. The summed E-state index contributed by atoms with van der Waals surface area (Å²) in [5.74, 6) is -0.474. The number of nitro benzene ring substituents is 1. The van der Waals surface area contributed by atoms with Gasteiger partial charge < -0.3 is 16.4 Å². The molecule has 0 saturated heterocycles. The van der Waals surface area contributed by atoms with Crippen molar-refractivity contribution in [2.45, 2.75) is 6.92 Å². The predicted molar refractivity (Wildman–Crippen MR) is 118 cm³/mol. The molecule has 0 fully saturated rings. The number of nitrogens with one attached hydrogen (secondary N) is 2. The van der Waals surface area contributed by atoms with E-state index in [-0.39, 0.29) is 21.9 Å². The van der Waals surface area contributed by atoms with E-state index < -0.39 is 10.7 Å². The number of hydrogen-bond acceptors (Lipinski definition) is 8. The molecule has 3 aromatic rings. The smallest absolute Gasteiger partial charge is 0.280 e. The number of thiazole rings is 1. The normalized spacial score (nSPS) is 13.3. The third kappa shape index (κ3) is 3.83. The van der Waals surface area contributed by atoms with Crippen molar-refractivity contribution >= 4 is 59.0 Å². The van der Waals surface area contributed by atoms with Crippen LogP contribution < -0.4 is 21.7 Å². The fourth-order valence-corrected chi connectivity index (χ4v) is 4.85. The van der Waals surface area contributed by atoms with E-state index in [1.165, 1.54) is 28.8 Å². The van der Waals surface area contributed by atoms with Crippen LogP contribution in [0.4, 0.5) is 28.0 Å². The molecule has 1 unspecified atom stereocenters. The van der Waals surface area contributed by atoms with Crippen LogP contribution in [0.3, 0.4) is 0 Å². The topological polar surface area (TPSA) is 123 Å². The lowest BCUT2D eigenvalue weighted by Crippen LogP contribution is -2.09. The molecule has 8 nitrogen and oxygen atoms in total. The Labute approximate surface area is 171 Å². The van der Waals surface area contributed by atoms with Crippen LogP contribution in [0.15, 0.2) is 54.0 Å². The van der Waals surface area contributed by atoms with Crippen LogP contribution in [0.2, 0.25) is 0 Å². The summed E-state index contributed by atoms with van der Waals surface area (Å²) < 4.78 is 0. The van der Waals surface area contributed by atoms with Gasteiger partial charge >= 0.3 is 0 Å². The van der Waals surface area contributed by atoms with E-state index in [0.29, 0.717) is 13.7 Å². The van der Waals surface area contributed by atoms with E-state index >= 15 is 0 Å². The molecule has 29 heavy (non-hydrogen) atoms. The number of ketones is 1. The Kier molecular flexibility index (Phi) is 5.00. The highest BCUT2D eigenvalue weighted by molar-refractivity contribution is 7.52. The number of carbonyl (C=O) groups excluding carboxylic acids is 1. The van der Waals surface area contributed by atoms with E-state index in [1.54, 1.807) is 6.07 Å². The second-order valence-electron chi connectivity index (χ2n) is 6.32. The Bertz CT molecular complexity index is 1170. The first-order valence-electron chi connectivity index (χ1n) is 8.58. The van der Waals surface area contributed by atoms with Crippen molar-refractivity contribution < 1.29 is 9.72 Å². The number of nitrogens with two attached hydrogens (primary N) is 1. The highest BCUT2D eigenvalue weighted by atomic mass is 32.1. The van der Waals surface area contributed by atoms with E-state index in [0.717, 1.165) is 22.7 Å². The van der Waals surface area contributed by atoms with Crippen molar-refractivity contribution in [2.24, 2.45) is 0 Å². The summed E-state index contributed by atoms with van der Waals surface area (Å²) in [5.41, 5.74) is 7.56. The Morgan fingerprint density at radius 1 is 1.31 bits per heavy atom. The summed E-state index contributed by atoms with van der Waals surface area (Å²) in [5, 5.41) is 20.5. The van der Waals surface area contributed by atoms with E-state index in [1.807, 2.05) is 24.4 Å². The number of aromatic nitrogens is 1. The molecule has 1 atom stereocenters. The van der Waals surface area contributed by atoms with Gasteiger partial charge in [0.15, 0.2) is 5.13 Å². The van der Waals surface area contributed by atoms with Crippen molar-refractivity contribution in [1.82, 2.24) is 4.98 Å². The van der Waals surface area contributed by atoms with Gasteiger partial charge in [-0.3, -0.25) is 14.9 Å². The van der Waals surface area contributed by atoms with E-state index in [9.17, 15) is 14.9 Å². The molecule has 0 bridgehead atoms. The number of nitrogens with zero attached hydrogens (tertiary/aromatic N) is 2. The summed E-state index contributed by atoms with van der Waals surface area (Å²) in [6.45, 7) is 2.07. The first kappa shape index (κ1) is 19.0. The lowest BCUT2D eigenvalue weighted by atomic mass is 10.1. The van der Waals surface area contributed by atoms with Gasteiger partial charge in [-0.05, 0) is 36.5 Å². The van der Waals surface area contributed by atoms with Gasteiger partial charge in [-0.1, -0.05) is 32.1 Å². The summed E-state index contributed by atoms with van der Waals surface area (Å²) in [6.07, 6.45) is 2.00. The van der Waals surface area contributed by atoms with Crippen molar-refractivity contribution in [3.8, 4) is 0 Å². The molecule has 1 aliphatic heterocycles. The van der Waals surface area contributed by atoms with Gasteiger partial charge in [-0.15, -0.1) is 0 Å². The van der Waals surface area contributed by atoms with Crippen LogP contribution in [-0.4, -0.2) is 15.7 Å². The molecule has 10 heteroatoms. The van der Waals surface area contributed by atoms with Gasteiger partial charge in [-0.2, -0.15) is 0 Å². The Hall–Kier alpha value is -3.29. The lowest BCUT2D eigenvalue weighted by Gasteiger charge is -2.17. The number of fused-ring (bicyclic) bond motifs is 1. The standard InChI is InChI=1S/C19H16N5O3PS/c1-10-9-21-13-7-6-11(8-15(13)28-10)22-19-23-18(20)17(29-19)16(25)12-4-2-3-5-14(12)24(26)27/h2-9,21,28H,20H2,1H3,(H,22,23). The molecule has 146 valence electrons. The SMILES string of the molecule is CC1=CNc2ccc(Nc3nc(N)c(C(=O)c4ccccc4[N+](=O)[O-])s3)cc2P1. The van der Waals surface area contributed by atoms with Crippen molar-refractivity contribution in [1.29, 1.82) is 0 Å². The van der Waals surface area contributed by atoms with Crippen LogP contribution in [0.1, 0.15) is 22.2 Å². The summed E-state index contributed by atoms with van der Waals surface area (Å²) in [6, 6.07) is 11.7. The zero-order chi connectivity index (χ0) is 20.5. The molecule has 0 spiro atoms. The maximum absolute atomic E-state index is 12.8. The number of para-hydroxylation sites is 1. The number of hydrogen-bond donors (Lipinski definition) is 3. The monoisotopic (exact) mass is 425 g/mol. The van der Waals surface area contributed by atoms with Crippen molar-refractivity contribution in [2.75, 3.05) is 16.4 Å². The van der Waals surface area contributed by atoms with E-state index in [2.05, 4.69) is 22.5 Å². The average molecular weight is 425 g/mol. The largest absolute Gasteiger partial charge is 0.382 e. The minimum atomic E-state index is -0.581. The third-order valence-electron chi connectivity index (χ3n) is 4.25. The molecular formula is C19H16N5O3PS. The molecule has 4 rings (SSSR count). The number of allylic oxidation sites excluding steroid dienone is 1. The molecule has 0 aliphatic carbocycles. The molecule has 1 aromatic heterocycles. The number of carbonyl (C=O) groups is 1. The Morgan fingerprint density at radius 2 is 2.10 bits per heavy atom. The second kappa shape index (κ2) is 7.62. The quantitative estimate of drug-likeness (QED) is 0.242. The van der Waals surface area contributed by atoms with Crippen LogP contribution in [0.25, 0.3) is 0 Å². The predicted octanol–water partition coefficient (Wildman–Crippen LogP) is 4.20. The molecule has 1 aliphatic rings. The van der Waals surface area contributed by atoms with Gasteiger partial charge in [0.1, 0.15) is 16.3 Å². The van der Waals surface area contributed by atoms with Crippen LogP contribution >= 0.6 is 19.9 Å². The van der Waals surface area contributed by atoms with Crippen LogP contribution in [0, 0.1) is 10.1 Å². The van der Waals surface area contributed by atoms with Gasteiger partial charge in [0.2, 0.25) is 5.78 Å². The second-order valence-corrected chi connectivity index (χ2v) is 8.90. The average Bonchev–Trinajstić information content (AvgIpc) is 3.07. The molecule has 0 saturated carbocycles. The molecule has 2 heterocycles. The number of nitrogen functional groups attached to an aromatic ring is 1. The molecule has 4 N–H and O–H groups in total. The first-order chi connectivity index (χ1) is 13.9. The number of anilines is 4. The fourth-order valence-electron chi connectivity index (χ4n) is 2.90. The van der Waals surface area contributed by atoms with Gasteiger partial charge in [0.25, 0.3) is 5.69 Å². The minimum absolute atomic E-state index is 0.0114. The number of nitro groups is 1. The van der Waals surface area contributed by atoms with Crippen molar-refractivity contribution in [3.63, 3.8) is 0 Å². The highest BCUT2D eigenvalue weighted by Gasteiger charge is 2.25. The lowest BCUT2D eigenvalue weighted by molar-refractivity contribution is -0.385. The van der Waals surface area contributed by atoms with Crippen molar-refractivity contribution in [3.05, 3.63) is 74.5 Å². The Morgan fingerprint density at radius 3 is 2.90 bits per heavy atom. The molecule has 2 aromatic carbocycles. The number of benzene rings is 2. The first-order valence-corrected chi connectivity index (χ1v) is 10.4. The van der Waals surface area contributed by atoms with E-state index in [4.69, 9.17) is 5.73 Å². The maximum atomic E-state index is 12.8. The summed E-state index contributed by atoms with van der Waals surface area (Å²) in [4.78, 5) is 27.9. The van der Waals surface area contributed by atoms with Gasteiger partial charge in [0.05, 0.1) is 4.92 Å². The van der Waals surface area contributed by atoms with Gasteiger partial charge in [-0.25, -0.2) is 4.98 Å². The molecular weight excluding hydrogens is 409 g/mol. The zero-order valence-electron chi connectivity index (χ0n) is 15.2. The summed E-state index contributed by atoms with van der Waals surface area (Å²) in [7, 11) is 0.579. The third-order valence-corrected chi connectivity index (χ3v) is 6.46. The van der Waals surface area contributed by atoms with Crippen LogP contribution in [0.5, 0.6) is 0 Å².